The Hall–Kier alpha value is -2.67. The molecule has 0 aliphatic heterocycles. The van der Waals surface area contributed by atoms with E-state index in [2.05, 4.69) is 26.2 Å². The number of anilines is 1. The summed E-state index contributed by atoms with van der Waals surface area (Å²) in [4.78, 5) is 39.3. The lowest BCUT2D eigenvalue weighted by Crippen LogP contribution is -2.26. The molecular weight excluding hydrogens is 374 g/mol. The van der Waals surface area contributed by atoms with Crippen LogP contribution in [-0.2, 0) is 7.05 Å². The molecule has 2 N–H and O–H groups in total. The van der Waals surface area contributed by atoms with Gasteiger partial charge in [0.1, 0.15) is 5.56 Å². The molecule has 0 aliphatic rings. The molecule has 0 saturated heterocycles. The van der Waals surface area contributed by atoms with Gasteiger partial charge in [-0.25, -0.2) is 0 Å². The summed E-state index contributed by atoms with van der Waals surface area (Å²) in [6.45, 7) is 1.74. The first kappa shape index (κ1) is 16.2. The number of halogens is 1. The summed E-state index contributed by atoms with van der Waals surface area (Å²) < 4.78 is 1.67. The molecule has 3 aromatic rings. The van der Waals surface area contributed by atoms with Crippen LogP contribution in [0.25, 0.3) is 10.9 Å². The number of fused-ring (bicyclic) bond motifs is 1. The molecule has 122 valence electrons. The minimum atomic E-state index is -0.523. The van der Waals surface area contributed by atoms with Crippen LogP contribution in [0, 0.1) is 6.92 Å². The number of para-hydroxylation sites is 1. The summed E-state index contributed by atoms with van der Waals surface area (Å²) in [6.07, 6.45) is 1.50. The van der Waals surface area contributed by atoms with E-state index < -0.39 is 11.5 Å². The third-order valence-electron chi connectivity index (χ3n) is 3.81. The van der Waals surface area contributed by atoms with Crippen molar-refractivity contribution in [1.82, 2.24) is 9.55 Å². The second-order valence-electron chi connectivity index (χ2n) is 5.45. The van der Waals surface area contributed by atoms with Crippen molar-refractivity contribution in [3.05, 3.63) is 72.8 Å². The van der Waals surface area contributed by atoms with Gasteiger partial charge in [-0.2, -0.15) is 0 Å². The maximum atomic E-state index is 12.6. The van der Waals surface area contributed by atoms with Gasteiger partial charge in [-0.1, -0.05) is 18.2 Å². The number of aryl methyl sites for hydroxylation is 2. The van der Waals surface area contributed by atoms with Gasteiger partial charge >= 0.3 is 0 Å². The highest BCUT2D eigenvalue weighted by atomic mass is 79.9. The van der Waals surface area contributed by atoms with E-state index in [1.54, 1.807) is 20.0 Å². The number of aromatic amines is 1. The van der Waals surface area contributed by atoms with Crippen LogP contribution < -0.4 is 16.4 Å². The average molecular weight is 388 g/mol. The smallest absolute Gasteiger partial charge is 0.264 e. The fourth-order valence-electron chi connectivity index (χ4n) is 2.62. The first-order valence-electron chi connectivity index (χ1n) is 7.17. The van der Waals surface area contributed by atoms with Gasteiger partial charge in [-0.3, -0.25) is 14.4 Å². The third kappa shape index (κ3) is 2.78. The second kappa shape index (κ2) is 6.09. The van der Waals surface area contributed by atoms with E-state index in [1.807, 2.05) is 18.2 Å². The Bertz CT molecular complexity index is 1060. The SMILES string of the molecule is Cc1c(C(=O)Nc2cc(Br)c(=O)n(C)c2)c(=O)[nH]c2ccccc12. The van der Waals surface area contributed by atoms with Gasteiger partial charge in [0.15, 0.2) is 0 Å². The number of H-pyrrole nitrogens is 1. The molecule has 0 unspecified atom stereocenters. The topological polar surface area (TPSA) is 84.0 Å². The van der Waals surface area contributed by atoms with Crippen molar-refractivity contribution >= 4 is 38.4 Å². The first-order chi connectivity index (χ1) is 11.4. The zero-order valence-electron chi connectivity index (χ0n) is 13.0. The van der Waals surface area contributed by atoms with Crippen LogP contribution in [0.2, 0.25) is 0 Å². The Morgan fingerprint density at radius 1 is 1.25 bits per heavy atom. The number of rotatable bonds is 2. The largest absolute Gasteiger partial charge is 0.321 e. The van der Waals surface area contributed by atoms with E-state index >= 15 is 0 Å². The standard InChI is InChI=1S/C17H14BrN3O3/c1-9-11-5-3-4-6-13(11)20-16(23)14(9)15(22)19-10-7-12(18)17(24)21(2)8-10/h3-8H,1-2H3,(H,19,22)(H,20,23). The van der Waals surface area contributed by atoms with Crippen molar-refractivity contribution in [3.8, 4) is 0 Å². The van der Waals surface area contributed by atoms with Gasteiger partial charge in [-0.15, -0.1) is 0 Å². The molecule has 2 heterocycles. The van der Waals surface area contributed by atoms with Gasteiger partial charge in [0.05, 0.1) is 10.2 Å². The number of nitrogens with one attached hydrogen (secondary N) is 2. The summed E-state index contributed by atoms with van der Waals surface area (Å²) in [5.74, 6) is -0.523. The number of hydrogen-bond donors (Lipinski definition) is 2. The summed E-state index contributed by atoms with van der Waals surface area (Å²) in [7, 11) is 1.58. The number of benzene rings is 1. The van der Waals surface area contributed by atoms with Crippen LogP contribution in [0.3, 0.4) is 0 Å². The molecule has 0 fully saturated rings. The number of nitrogens with zero attached hydrogens (tertiary/aromatic N) is 1. The molecule has 0 bridgehead atoms. The van der Waals surface area contributed by atoms with E-state index in [4.69, 9.17) is 0 Å². The quantitative estimate of drug-likeness (QED) is 0.708. The molecule has 0 radical (unpaired) electrons. The molecule has 0 atom stereocenters. The van der Waals surface area contributed by atoms with E-state index in [-0.39, 0.29) is 11.1 Å². The van der Waals surface area contributed by atoms with Crippen molar-refractivity contribution in [3.63, 3.8) is 0 Å². The van der Waals surface area contributed by atoms with Crippen LogP contribution in [0.1, 0.15) is 15.9 Å². The number of carbonyl (C=O) groups excluding carboxylic acids is 1. The Morgan fingerprint density at radius 3 is 2.67 bits per heavy atom. The lowest BCUT2D eigenvalue weighted by molar-refractivity contribution is 0.102. The van der Waals surface area contributed by atoms with E-state index in [9.17, 15) is 14.4 Å². The molecule has 0 saturated carbocycles. The van der Waals surface area contributed by atoms with Gasteiger partial charge in [0, 0.05) is 24.1 Å². The molecule has 0 spiro atoms. The fraction of sp³-hybridized carbons (Fsp3) is 0.118. The average Bonchev–Trinajstić information content (AvgIpc) is 2.52. The molecule has 3 rings (SSSR count). The fourth-order valence-corrected chi connectivity index (χ4v) is 3.14. The molecule has 24 heavy (non-hydrogen) atoms. The van der Waals surface area contributed by atoms with Crippen LogP contribution in [0.15, 0.2) is 50.6 Å². The second-order valence-corrected chi connectivity index (χ2v) is 6.30. The summed E-state index contributed by atoms with van der Waals surface area (Å²) in [6, 6.07) is 8.80. The number of pyridine rings is 2. The first-order valence-corrected chi connectivity index (χ1v) is 7.97. The van der Waals surface area contributed by atoms with Crippen LogP contribution in [-0.4, -0.2) is 15.5 Å². The molecular formula is C17H14BrN3O3. The normalized spacial score (nSPS) is 10.8. The summed E-state index contributed by atoms with van der Waals surface area (Å²) in [5.41, 5.74) is 1.09. The minimum Gasteiger partial charge on any atom is -0.321 e. The van der Waals surface area contributed by atoms with Crippen LogP contribution in [0.5, 0.6) is 0 Å². The highest BCUT2D eigenvalue weighted by Crippen LogP contribution is 2.18. The van der Waals surface area contributed by atoms with Crippen LogP contribution >= 0.6 is 15.9 Å². The summed E-state index contributed by atoms with van der Waals surface area (Å²) in [5, 5.41) is 3.47. The van der Waals surface area contributed by atoms with Crippen molar-refractivity contribution in [2.45, 2.75) is 6.92 Å². The van der Waals surface area contributed by atoms with Crippen molar-refractivity contribution in [2.75, 3.05) is 5.32 Å². The third-order valence-corrected chi connectivity index (χ3v) is 4.37. The number of aromatic nitrogens is 2. The van der Waals surface area contributed by atoms with E-state index in [0.717, 1.165) is 5.39 Å². The number of amides is 1. The molecule has 2 aromatic heterocycles. The predicted molar refractivity (Wildman–Crippen MR) is 96.6 cm³/mol. The Labute approximate surface area is 145 Å². The summed E-state index contributed by atoms with van der Waals surface area (Å²) >= 11 is 3.15. The lowest BCUT2D eigenvalue weighted by atomic mass is 10.0. The van der Waals surface area contributed by atoms with E-state index in [1.165, 1.54) is 16.8 Å². The Kier molecular flexibility index (Phi) is 4.11. The Morgan fingerprint density at radius 2 is 1.96 bits per heavy atom. The van der Waals surface area contributed by atoms with Gasteiger partial charge in [0.25, 0.3) is 17.0 Å². The monoisotopic (exact) mass is 387 g/mol. The van der Waals surface area contributed by atoms with Gasteiger partial charge < -0.3 is 14.9 Å². The zero-order valence-corrected chi connectivity index (χ0v) is 14.6. The minimum absolute atomic E-state index is 0.0543. The van der Waals surface area contributed by atoms with E-state index in [0.29, 0.717) is 21.2 Å². The van der Waals surface area contributed by atoms with Crippen molar-refractivity contribution < 1.29 is 4.79 Å². The number of hydrogen-bond acceptors (Lipinski definition) is 3. The zero-order chi connectivity index (χ0) is 17.4. The molecule has 6 nitrogen and oxygen atoms in total. The van der Waals surface area contributed by atoms with Gasteiger partial charge in [-0.05, 0) is 40.5 Å². The van der Waals surface area contributed by atoms with Crippen molar-refractivity contribution in [2.24, 2.45) is 7.05 Å². The molecule has 1 aromatic carbocycles. The highest BCUT2D eigenvalue weighted by Gasteiger charge is 2.17. The molecule has 1 amide bonds. The Balaban J connectivity index is 2.06. The number of carbonyl (C=O) groups is 1. The highest BCUT2D eigenvalue weighted by molar-refractivity contribution is 9.10. The maximum absolute atomic E-state index is 12.6. The van der Waals surface area contributed by atoms with Gasteiger partial charge in [0.2, 0.25) is 0 Å². The maximum Gasteiger partial charge on any atom is 0.264 e. The molecule has 7 heteroatoms. The molecule has 0 aliphatic carbocycles. The van der Waals surface area contributed by atoms with Crippen LogP contribution in [0.4, 0.5) is 5.69 Å². The van der Waals surface area contributed by atoms with Crippen molar-refractivity contribution in [1.29, 1.82) is 0 Å². The lowest BCUT2D eigenvalue weighted by Gasteiger charge is -2.10. The predicted octanol–water partition coefficient (Wildman–Crippen LogP) is 2.55.